The van der Waals surface area contributed by atoms with Crippen molar-refractivity contribution in [3.8, 4) is 0 Å². The van der Waals surface area contributed by atoms with Crippen LogP contribution in [-0.4, -0.2) is 20.5 Å². The summed E-state index contributed by atoms with van der Waals surface area (Å²) in [5.74, 6) is -0.806. The molecule has 0 amide bonds. The Kier molecular flexibility index (Phi) is 5.08. The molecule has 0 spiro atoms. The van der Waals surface area contributed by atoms with Crippen molar-refractivity contribution in [1.82, 2.24) is 0 Å². The third-order valence-corrected chi connectivity index (χ3v) is 4.65. The van der Waals surface area contributed by atoms with E-state index in [0.29, 0.717) is 5.75 Å². The zero-order valence-corrected chi connectivity index (χ0v) is 12.1. The number of rotatable bonds is 5. The van der Waals surface area contributed by atoms with E-state index in [-0.39, 0.29) is 5.92 Å². The predicted octanol–water partition coefficient (Wildman–Crippen LogP) is 2.66. The molecule has 1 N–H and O–H groups in total. The molecule has 18 heavy (non-hydrogen) atoms. The van der Waals surface area contributed by atoms with Crippen LogP contribution in [0.1, 0.15) is 30.5 Å². The molecule has 0 bridgehead atoms. The summed E-state index contributed by atoms with van der Waals surface area (Å²) < 4.78 is 12.1. The van der Waals surface area contributed by atoms with Gasteiger partial charge in [-0.1, -0.05) is 43.2 Å². The highest BCUT2D eigenvalue weighted by Gasteiger charge is 2.28. The molecule has 1 rings (SSSR count). The highest BCUT2D eigenvalue weighted by atomic mass is 32.2. The average Bonchev–Trinajstić information content (AvgIpc) is 2.13. The maximum absolute atomic E-state index is 12.1. The molecule has 4 heteroatoms. The largest absolute Gasteiger partial charge is 0.480 e. The molecule has 0 aliphatic carbocycles. The van der Waals surface area contributed by atoms with E-state index in [0.717, 1.165) is 16.7 Å². The van der Waals surface area contributed by atoms with Gasteiger partial charge in [0, 0.05) is 16.6 Å². The fraction of sp³-hybridized carbons (Fsp3) is 0.500. The Morgan fingerprint density at radius 2 is 1.72 bits per heavy atom. The van der Waals surface area contributed by atoms with Crippen molar-refractivity contribution in [3.63, 3.8) is 0 Å². The summed E-state index contributed by atoms with van der Waals surface area (Å²) >= 11 is 0. The second kappa shape index (κ2) is 6.14. The van der Waals surface area contributed by atoms with Crippen LogP contribution in [-0.2, 0) is 21.3 Å². The van der Waals surface area contributed by atoms with Crippen molar-refractivity contribution in [3.05, 3.63) is 34.9 Å². The molecule has 0 saturated carbocycles. The minimum atomic E-state index is -1.39. The molecule has 3 nitrogen and oxygen atoms in total. The molecular weight excluding hydrogens is 248 g/mol. The Bertz CT molecular complexity index is 446. The zero-order chi connectivity index (χ0) is 13.9. The molecule has 1 aromatic rings. The lowest BCUT2D eigenvalue weighted by Gasteiger charge is -2.16. The van der Waals surface area contributed by atoms with Crippen molar-refractivity contribution >= 4 is 16.8 Å². The van der Waals surface area contributed by atoms with Gasteiger partial charge in [-0.2, -0.15) is 0 Å². The van der Waals surface area contributed by atoms with E-state index in [1.807, 2.05) is 32.0 Å². The third kappa shape index (κ3) is 3.95. The molecule has 2 unspecified atom stereocenters. The van der Waals surface area contributed by atoms with Gasteiger partial charge in [0.2, 0.25) is 0 Å². The van der Waals surface area contributed by atoms with E-state index in [2.05, 4.69) is 0 Å². The number of benzene rings is 1. The Morgan fingerprint density at radius 1 is 1.22 bits per heavy atom. The lowest BCUT2D eigenvalue weighted by molar-refractivity contribution is -0.137. The topological polar surface area (TPSA) is 54.4 Å². The van der Waals surface area contributed by atoms with Crippen LogP contribution in [0.25, 0.3) is 0 Å². The van der Waals surface area contributed by atoms with E-state index in [4.69, 9.17) is 5.11 Å². The van der Waals surface area contributed by atoms with Crippen LogP contribution >= 0.6 is 0 Å². The van der Waals surface area contributed by atoms with Crippen LogP contribution in [0.5, 0.6) is 0 Å². The maximum atomic E-state index is 12.1. The molecule has 0 heterocycles. The zero-order valence-electron chi connectivity index (χ0n) is 11.3. The number of hydrogen-bond acceptors (Lipinski definition) is 2. The van der Waals surface area contributed by atoms with Gasteiger partial charge in [-0.15, -0.1) is 0 Å². The van der Waals surface area contributed by atoms with Gasteiger partial charge in [-0.3, -0.25) is 9.00 Å². The first-order chi connectivity index (χ1) is 8.31. The van der Waals surface area contributed by atoms with E-state index < -0.39 is 22.0 Å². The number of carboxylic acids is 1. The van der Waals surface area contributed by atoms with Gasteiger partial charge < -0.3 is 5.11 Å². The Labute approximate surface area is 111 Å². The number of aliphatic carboxylic acids is 1. The van der Waals surface area contributed by atoms with Crippen molar-refractivity contribution in [2.24, 2.45) is 5.92 Å². The Morgan fingerprint density at radius 3 is 2.11 bits per heavy atom. The van der Waals surface area contributed by atoms with E-state index in [1.165, 1.54) is 0 Å². The van der Waals surface area contributed by atoms with Crippen LogP contribution in [0, 0.1) is 19.8 Å². The summed E-state index contributed by atoms with van der Waals surface area (Å²) in [6, 6.07) is 5.97. The fourth-order valence-electron chi connectivity index (χ4n) is 2.11. The minimum Gasteiger partial charge on any atom is -0.480 e. The molecule has 0 radical (unpaired) electrons. The third-order valence-electron chi connectivity index (χ3n) is 2.72. The van der Waals surface area contributed by atoms with Crippen LogP contribution in [0.2, 0.25) is 0 Å². The summed E-state index contributed by atoms with van der Waals surface area (Å²) in [7, 11) is -1.39. The number of hydrogen-bond donors (Lipinski definition) is 1. The molecular formula is C14H20O3S. The van der Waals surface area contributed by atoms with Gasteiger partial charge in [0.25, 0.3) is 0 Å². The molecule has 2 atom stereocenters. The number of carbonyl (C=O) groups is 1. The lowest BCUT2D eigenvalue weighted by Crippen LogP contribution is -2.31. The normalized spacial score (nSPS) is 14.5. The molecule has 0 fully saturated rings. The van der Waals surface area contributed by atoms with Gasteiger partial charge in [0.15, 0.2) is 0 Å². The van der Waals surface area contributed by atoms with Crippen molar-refractivity contribution in [2.75, 3.05) is 0 Å². The minimum absolute atomic E-state index is 0.130. The van der Waals surface area contributed by atoms with Crippen LogP contribution in [0.4, 0.5) is 0 Å². The van der Waals surface area contributed by atoms with Crippen LogP contribution < -0.4 is 0 Å². The molecule has 1 aromatic carbocycles. The maximum Gasteiger partial charge on any atom is 0.319 e. The van der Waals surface area contributed by atoms with E-state index >= 15 is 0 Å². The first-order valence-electron chi connectivity index (χ1n) is 5.98. The van der Waals surface area contributed by atoms with Crippen molar-refractivity contribution in [1.29, 1.82) is 0 Å². The quantitative estimate of drug-likeness (QED) is 0.893. The summed E-state index contributed by atoms with van der Waals surface area (Å²) in [6.45, 7) is 7.55. The predicted molar refractivity (Wildman–Crippen MR) is 74.0 cm³/mol. The molecule has 0 saturated heterocycles. The smallest absolute Gasteiger partial charge is 0.319 e. The summed E-state index contributed by atoms with van der Waals surface area (Å²) in [5.41, 5.74) is 3.16. The average molecular weight is 268 g/mol. The number of carboxylic acid groups (broad SMARTS) is 1. The second-order valence-corrected chi connectivity index (χ2v) is 6.58. The van der Waals surface area contributed by atoms with Gasteiger partial charge >= 0.3 is 5.97 Å². The molecule has 0 aliphatic heterocycles. The standard InChI is InChI=1S/C14H20O3S/c1-9(2)13(14(15)16)18(17)8-12-6-10(3)5-11(4)7-12/h5-7,9,13H,8H2,1-4H3,(H,15,16). The number of aryl methyl sites for hydroxylation is 2. The first kappa shape index (κ1) is 14.9. The summed E-state index contributed by atoms with van der Waals surface area (Å²) in [5, 5.41) is 8.31. The molecule has 0 aliphatic rings. The van der Waals surface area contributed by atoms with Crippen molar-refractivity contribution < 1.29 is 14.1 Å². The summed E-state index contributed by atoms with van der Waals surface area (Å²) in [4.78, 5) is 11.1. The van der Waals surface area contributed by atoms with Gasteiger partial charge in [0.05, 0.1) is 0 Å². The Hall–Kier alpha value is -1.16. The lowest BCUT2D eigenvalue weighted by atomic mass is 10.1. The summed E-state index contributed by atoms with van der Waals surface area (Å²) in [6.07, 6.45) is 0. The van der Waals surface area contributed by atoms with Gasteiger partial charge in [-0.05, 0) is 25.3 Å². The van der Waals surface area contributed by atoms with E-state index in [1.54, 1.807) is 13.8 Å². The first-order valence-corrected chi connectivity index (χ1v) is 7.36. The highest BCUT2D eigenvalue weighted by Crippen LogP contribution is 2.16. The fourth-order valence-corrected chi connectivity index (χ4v) is 3.61. The van der Waals surface area contributed by atoms with Crippen LogP contribution in [0.15, 0.2) is 18.2 Å². The molecule has 100 valence electrons. The monoisotopic (exact) mass is 268 g/mol. The highest BCUT2D eigenvalue weighted by molar-refractivity contribution is 7.85. The SMILES string of the molecule is Cc1cc(C)cc(CS(=O)C(C(=O)O)C(C)C)c1. The van der Waals surface area contributed by atoms with Crippen molar-refractivity contribution in [2.45, 2.75) is 38.7 Å². The Balaban J connectivity index is 2.89. The van der Waals surface area contributed by atoms with E-state index in [9.17, 15) is 9.00 Å². The second-order valence-electron chi connectivity index (χ2n) is 5.02. The van der Waals surface area contributed by atoms with Crippen LogP contribution in [0.3, 0.4) is 0 Å². The molecule has 0 aromatic heterocycles. The van der Waals surface area contributed by atoms with Gasteiger partial charge in [-0.25, -0.2) is 0 Å². The van der Waals surface area contributed by atoms with Gasteiger partial charge in [0.1, 0.15) is 5.25 Å².